The van der Waals surface area contributed by atoms with Gasteiger partial charge in [0.05, 0.1) is 12.2 Å². The van der Waals surface area contributed by atoms with E-state index in [1.54, 1.807) is 6.92 Å². The molecule has 8 heteroatoms. The highest BCUT2D eigenvalue weighted by molar-refractivity contribution is 6.37. The lowest BCUT2D eigenvalue weighted by molar-refractivity contribution is -0.138. The number of ketones is 1. The summed E-state index contributed by atoms with van der Waals surface area (Å²) in [5, 5.41) is 2.06. The maximum Gasteiger partial charge on any atom is 0.343 e. The van der Waals surface area contributed by atoms with Crippen molar-refractivity contribution in [2.75, 3.05) is 6.61 Å². The Kier molecular flexibility index (Phi) is 6.77. The number of nitrogens with zero attached hydrogens (tertiary/aromatic N) is 1. The second-order valence-electron chi connectivity index (χ2n) is 4.53. The van der Waals surface area contributed by atoms with Gasteiger partial charge in [-0.2, -0.15) is 0 Å². The first-order valence-electron chi connectivity index (χ1n) is 6.47. The van der Waals surface area contributed by atoms with Crippen LogP contribution in [0.4, 0.5) is 4.39 Å². The van der Waals surface area contributed by atoms with Crippen molar-refractivity contribution < 1.29 is 18.7 Å². The summed E-state index contributed by atoms with van der Waals surface area (Å²) >= 11 is 11.3. The number of hydrogen-bond acceptors (Lipinski definition) is 5. The predicted octanol–water partition coefficient (Wildman–Crippen LogP) is 3.16. The first-order chi connectivity index (χ1) is 10.3. The first-order valence-corrected chi connectivity index (χ1v) is 7.23. The number of ether oxygens (including phenoxy) is 1. The van der Waals surface area contributed by atoms with Crippen molar-refractivity contribution in [1.82, 2.24) is 10.3 Å². The number of aromatic nitrogens is 1. The van der Waals surface area contributed by atoms with E-state index in [9.17, 15) is 14.0 Å². The molecule has 120 valence electrons. The number of Topliss-reactive ketones (excluding diaryl/α,β-unsaturated/α-hetero) is 1. The molecule has 1 N–H and O–H groups in total. The fourth-order valence-corrected chi connectivity index (χ4v) is 1.83. The second kappa shape index (κ2) is 8.10. The van der Waals surface area contributed by atoms with E-state index >= 15 is 0 Å². The van der Waals surface area contributed by atoms with Gasteiger partial charge in [-0.25, -0.2) is 14.2 Å². The van der Waals surface area contributed by atoms with Gasteiger partial charge in [-0.15, -0.1) is 0 Å². The van der Waals surface area contributed by atoms with Crippen molar-refractivity contribution in [3.63, 3.8) is 0 Å². The molecule has 0 aromatic carbocycles. The Morgan fingerprint density at radius 3 is 2.59 bits per heavy atom. The van der Waals surface area contributed by atoms with Crippen LogP contribution in [0.1, 0.15) is 31.1 Å². The smallest absolute Gasteiger partial charge is 0.343 e. The number of carbonyl (C=O) groups is 2. The Labute approximate surface area is 137 Å². The predicted molar refractivity (Wildman–Crippen MR) is 81.5 cm³/mol. The van der Waals surface area contributed by atoms with E-state index in [2.05, 4.69) is 10.3 Å². The van der Waals surface area contributed by atoms with E-state index in [0.717, 1.165) is 6.07 Å². The highest BCUT2D eigenvalue weighted by Crippen LogP contribution is 2.23. The first kappa shape index (κ1) is 18.4. The van der Waals surface area contributed by atoms with Gasteiger partial charge in [0.1, 0.15) is 10.7 Å². The van der Waals surface area contributed by atoms with E-state index in [4.69, 9.17) is 27.9 Å². The van der Waals surface area contributed by atoms with Crippen molar-refractivity contribution in [3.8, 4) is 0 Å². The maximum atomic E-state index is 13.5. The molecule has 0 saturated heterocycles. The third-order valence-electron chi connectivity index (χ3n) is 2.43. The van der Waals surface area contributed by atoms with E-state index in [0.29, 0.717) is 0 Å². The molecule has 0 saturated carbocycles. The average Bonchev–Trinajstić information content (AvgIpc) is 2.42. The molecule has 1 aromatic rings. The van der Waals surface area contributed by atoms with Gasteiger partial charge in [-0.05, 0) is 26.8 Å². The fraction of sp³-hybridized carbons (Fsp3) is 0.357. The highest BCUT2D eigenvalue weighted by Gasteiger charge is 2.25. The molecular weight excluding hydrogens is 334 g/mol. The van der Waals surface area contributed by atoms with Crippen LogP contribution < -0.4 is 5.32 Å². The van der Waals surface area contributed by atoms with Gasteiger partial charge >= 0.3 is 5.97 Å². The van der Waals surface area contributed by atoms with Crippen LogP contribution in [-0.4, -0.2) is 29.4 Å². The quantitative estimate of drug-likeness (QED) is 0.213. The standard InChI is InChI=1S/C14H15Cl2FN2O3/c1-4-22-14(21)9(6-18-7(2)3)11(20)8-5-10(17)13(16)19-12(8)15/h5-7,18H,4H2,1-3H3. The number of pyridine rings is 1. The summed E-state index contributed by atoms with van der Waals surface area (Å²) in [5.74, 6) is -2.55. The Hall–Kier alpha value is -1.66. The molecule has 0 fully saturated rings. The zero-order valence-electron chi connectivity index (χ0n) is 12.2. The lowest BCUT2D eigenvalue weighted by atomic mass is 10.1. The van der Waals surface area contributed by atoms with Crippen LogP contribution in [0.2, 0.25) is 10.3 Å². The van der Waals surface area contributed by atoms with E-state index < -0.39 is 22.7 Å². The van der Waals surface area contributed by atoms with Crippen molar-refractivity contribution in [2.24, 2.45) is 0 Å². The molecule has 0 unspecified atom stereocenters. The minimum atomic E-state index is -0.908. The van der Waals surface area contributed by atoms with Crippen LogP contribution in [0.3, 0.4) is 0 Å². The summed E-state index contributed by atoms with van der Waals surface area (Å²) < 4.78 is 18.3. The summed E-state index contributed by atoms with van der Waals surface area (Å²) in [7, 11) is 0. The number of rotatable bonds is 6. The molecule has 0 aliphatic rings. The molecule has 0 spiro atoms. The third kappa shape index (κ3) is 4.68. The monoisotopic (exact) mass is 348 g/mol. The zero-order valence-corrected chi connectivity index (χ0v) is 13.8. The SMILES string of the molecule is CCOC(=O)C(=CNC(C)C)C(=O)c1cc(F)c(Cl)nc1Cl. The minimum absolute atomic E-state index is 0.0206. The highest BCUT2D eigenvalue weighted by atomic mass is 35.5. The molecule has 1 rings (SSSR count). The number of carbonyl (C=O) groups excluding carboxylic acids is 2. The summed E-state index contributed by atoms with van der Waals surface area (Å²) in [6.45, 7) is 5.33. The molecule has 0 aliphatic heterocycles. The molecular formula is C14H15Cl2FN2O3. The molecule has 0 atom stereocenters. The summed E-state index contributed by atoms with van der Waals surface area (Å²) in [4.78, 5) is 27.8. The Morgan fingerprint density at radius 1 is 1.41 bits per heavy atom. The van der Waals surface area contributed by atoms with Crippen molar-refractivity contribution in [3.05, 3.63) is 39.5 Å². The molecule has 0 radical (unpaired) electrons. The number of halogens is 3. The fourth-order valence-electron chi connectivity index (χ4n) is 1.43. The van der Waals surface area contributed by atoms with Gasteiger partial charge < -0.3 is 10.1 Å². The third-order valence-corrected chi connectivity index (χ3v) is 2.99. The van der Waals surface area contributed by atoms with Gasteiger partial charge in [-0.3, -0.25) is 4.79 Å². The second-order valence-corrected chi connectivity index (χ2v) is 5.24. The number of hydrogen-bond donors (Lipinski definition) is 1. The van der Waals surface area contributed by atoms with Crippen LogP contribution in [0.15, 0.2) is 17.8 Å². The van der Waals surface area contributed by atoms with Gasteiger partial charge in [0.2, 0.25) is 5.78 Å². The van der Waals surface area contributed by atoms with Gasteiger partial charge in [0.15, 0.2) is 11.0 Å². The van der Waals surface area contributed by atoms with Crippen LogP contribution in [0, 0.1) is 5.82 Å². The van der Waals surface area contributed by atoms with E-state index in [1.165, 1.54) is 6.20 Å². The van der Waals surface area contributed by atoms with Crippen LogP contribution in [0.25, 0.3) is 0 Å². The Bertz CT molecular complexity index is 618. The average molecular weight is 349 g/mol. The number of nitrogens with one attached hydrogen (secondary N) is 1. The molecule has 1 aromatic heterocycles. The topological polar surface area (TPSA) is 68.3 Å². The van der Waals surface area contributed by atoms with Crippen molar-refractivity contribution in [2.45, 2.75) is 26.8 Å². The van der Waals surface area contributed by atoms with Crippen LogP contribution in [-0.2, 0) is 9.53 Å². The molecule has 1 heterocycles. The van der Waals surface area contributed by atoms with E-state index in [1.807, 2.05) is 13.8 Å². The van der Waals surface area contributed by atoms with Gasteiger partial charge in [0, 0.05) is 12.2 Å². The molecule has 0 aliphatic carbocycles. The minimum Gasteiger partial charge on any atom is -0.462 e. The molecule has 5 nitrogen and oxygen atoms in total. The summed E-state index contributed by atoms with van der Waals surface area (Å²) in [6.07, 6.45) is 1.22. The molecule has 0 bridgehead atoms. The van der Waals surface area contributed by atoms with Crippen LogP contribution in [0.5, 0.6) is 0 Å². The van der Waals surface area contributed by atoms with Gasteiger partial charge in [0.25, 0.3) is 0 Å². The maximum absolute atomic E-state index is 13.5. The largest absolute Gasteiger partial charge is 0.462 e. The number of esters is 1. The summed E-state index contributed by atoms with van der Waals surface area (Å²) in [6, 6.07) is 0.815. The Balaban J connectivity index is 3.25. The normalized spacial score (nSPS) is 11.5. The summed E-state index contributed by atoms with van der Waals surface area (Å²) in [5.41, 5.74) is -0.575. The van der Waals surface area contributed by atoms with Gasteiger partial charge in [-0.1, -0.05) is 23.2 Å². The zero-order chi connectivity index (χ0) is 16.9. The van der Waals surface area contributed by atoms with Crippen molar-refractivity contribution >= 4 is 35.0 Å². The lowest BCUT2D eigenvalue weighted by Crippen LogP contribution is -2.23. The van der Waals surface area contributed by atoms with E-state index in [-0.39, 0.29) is 28.9 Å². The lowest BCUT2D eigenvalue weighted by Gasteiger charge is -2.10. The Morgan fingerprint density at radius 2 is 2.05 bits per heavy atom. The van der Waals surface area contributed by atoms with Crippen LogP contribution >= 0.6 is 23.2 Å². The van der Waals surface area contributed by atoms with Crippen molar-refractivity contribution in [1.29, 1.82) is 0 Å². The molecule has 0 amide bonds. The molecule has 22 heavy (non-hydrogen) atoms.